The third-order valence-corrected chi connectivity index (χ3v) is 4.26. The summed E-state index contributed by atoms with van der Waals surface area (Å²) in [6, 6.07) is -0.0600. The largest absolute Gasteiger partial charge is 0.315 e. The van der Waals surface area contributed by atoms with Gasteiger partial charge < -0.3 is 5.32 Å². The topological polar surface area (TPSA) is 84.0 Å². The number of piperidine rings is 1. The van der Waals surface area contributed by atoms with Crippen LogP contribution < -0.4 is 10.0 Å². The van der Waals surface area contributed by atoms with Crippen LogP contribution in [-0.2, 0) is 10.0 Å². The summed E-state index contributed by atoms with van der Waals surface area (Å²) in [6.07, 6.45) is 4.70. The molecular weight excluding hydrogens is 240 g/mol. The second-order valence-corrected chi connectivity index (χ2v) is 5.74. The molecule has 94 valence electrons. The van der Waals surface area contributed by atoms with E-state index >= 15 is 0 Å². The Kier molecular flexibility index (Phi) is 3.70. The van der Waals surface area contributed by atoms with Crippen molar-refractivity contribution in [2.24, 2.45) is 0 Å². The number of hydrogen-bond donors (Lipinski definition) is 2. The van der Waals surface area contributed by atoms with Crippen molar-refractivity contribution in [1.82, 2.24) is 20.0 Å². The van der Waals surface area contributed by atoms with Crippen LogP contribution in [0.3, 0.4) is 0 Å². The first-order valence-electron chi connectivity index (χ1n) is 5.60. The first-order valence-corrected chi connectivity index (χ1v) is 7.08. The van der Waals surface area contributed by atoms with Gasteiger partial charge in [-0.2, -0.15) is 0 Å². The molecule has 0 saturated carbocycles. The number of aryl methyl sites for hydroxylation is 1. The summed E-state index contributed by atoms with van der Waals surface area (Å²) in [5.74, 6) is 0. The molecule has 1 aromatic heterocycles. The summed E-state index contributed by atoms with van der Waals surface area (Å²) in [5, 5.41) is 3.18. The van der Waals surface area contributed by atoms with E-state index in [1.807, 2.05) is 0 Å². The van der Waals surface area contributed by atoms with Crippen LogP contribution in [0.25, 0.3) is 0 Å². The van der Waals surface area contributed by atoms with Crippen LogP contribution in [0.2, 0.25) is 0 Å². The van der Waals surface area contributed by atoms with Gasteiger partial charge in [-0.05, 0) is 26.3 Å². The van der Waals surface area contributed by atoms with Crippen molar-refractivity contribution in [2.45, 2.75) is 30.8 Å². The second kappa shape index (κ2) is 5.07. The Balaban J connectivity index is 2.16. The summed E-state index contributed by atoms with van der Waals surface area (Å²) in [4.78, 5) is 7.82. The van der Waals surface area contributed by atoms with Gasteiger partial charge in [0, 0.05) is 25.0 Å². The van der Waals surface area contributed by atoms with E-state index in [0.717, 1.165) is 19.4 Å². The Morgan fingerprint density at radius 1 is 1.41 bits per heavy atom. The van der Waals surface area contributed by atoms with E-state index in [0.29, 0.717) is 12.2 Å². The van der Waals surface area contributed by atoms with Crippen LogP contribution in [-0.4, -0.2) is 37.5 Å². The van der Waals surface area contributed by atoms with E-state index in [9.17, 15) is 8.42 Å². The maximum atomic E-state index is 12.1. The van der Waals surface area contributed by atoms with Crippen LogP contribution >= 0.6 is 0 Å². The standard InChI is InChI=1S/C10H16N4O2S/c1-8-10(13-6-5-12-8)17(15,16)14-9-3-2-4-11-7-9/h5-6,9,11,14H,2-4,7H2,1H3/t9-/m1/s1. The zero-order chi connectivity index (χ0) is 12.3. The van der Waals surface area contributed by atoms with Crippen LogP contribution in [0.4, 0.5) is 0 Å². The quantitative estimate of drug-likeness (QED) is 0.783. The third kappa shape index (κ3) is 2.99. The summed E-state index contributed by atoms with van der Waals surface area (Å²) < 4.78 is 26.8. The van der Waals surface area contributed by atoms with Crippen molar-refractivity contribution in [3.05, 3.63) is 18.1 Å². The molecule has 1 atom stereocenters. The molecule has 2 N–H and O–H groups in total. The lowest BCUT2D eigenvalue weighted by Gasteiger charge is -2.23. The molecule has 0 spiro atoms. The van der Waals surface area contributed by atoms with Gasteiger partial charge >= 0.3 is 0 Å². The van der Waals surface area contributed by atoms with Crippen molar-refractivity contribution in [3.63, 3.8) is 0 Å². The highest BCUT2D eigenvalue weighted by atomic mass is 32.2. The maximum absolute atomic E-state index is 12.1. The Bertz CT molecular complexity index is 483. The molecule has 0 amide bonds. The number of rotatable bonds is 3. The molecule has 0 radical (unpaired) electrons. The molecule has 1 saturated heterocycles. The molecule has 0 aliphatic carbocycles. The average Bonchev–Trinajstić information content (AvgIpc) is 2.30. The minimum absolute atomic E-state index is 0.0190. The number of aromatic nitrogens is 2. The zero-order valence-electron chi connectivity index (χ0n) is 9.68. The average molecular weight is 256 g/mol. The van der Waals surface area contributed by atoms with E-state index in [2.05, 4.69) is 20.0 Å². The molecule has 1 aromatic rings. The van der Waals surface area contributed by atoms with E-state index in [4.69, 9.17) is 0 Å². The molecular formula is C10H16N4O2S. The van der Waals surface area contributed by atoms with Crippen molar-refractivity contribution in [1.29, 1.82) is 0 Å². The minimum Gasteiger partial charge on any atom is -0.315 e. The number of nitrogens with one attached hydrogen (secondary N) is 2. The molecule has 0 unspecified atom stereocenters. The highest BCUT2D eigenvalue weighted by molar-refractivity contribution is 7.89. The van der Waals surface area contributed by atoms with Gasteiger partial charge in [-0.15, -0.1) is 0 Å². The van der Waals surface area contributed by atoms with E-state index < -0.39 is 10.0 Å². The van der Waals surface area contributed by atoms with Gasteiger partial charge in [0.1, 0.15) is 0 Å². The SMILES string of the molecule is Cc1nccnc1S(=O)(=O)N[C@@H]1CCCNC1. The van der Waals surface area contributed by atoms with Crippen molar-refractivity contribution < 1.29 is 8.42 Å². The second-order valence-electron chi connectivity index (χ2n) is 4.11. The lowest BCUT2D eigenvalue weighted by Crippen LogP contribution is -2.45. The lowest BCUT2D eigenvalue weighted by molar-refractivity contribution is 0.428. The molecule has 0 bridgehead atoms. The molecule has 6 nitrogen and oxygen atoms in total. The Labute approximate surface area is 101 Å². The van der Waals surface area contributed by atoms with Crippen molar-refractivity contribution in [2.75, 3.05) is 13.1 Å². The molecule has 2 rings (SSSR count). The van der Waals surface area contributed by atoms with Crippen molar-refractivity contribution >= 4 is 10.0 Å². The first kappa shape index (κ1) is 12.4. The van der Waals surface area contributed by atoms with Crippen LogP contribution in [0.15, 0.2) is 17.4 Å². The van der Waals surface area contributed by atoms with Gasteiger partial charge in [0.15, 0.2) is 5.03 Å². The fraction of sp³-hybridized carbons (Fsp3) is 0.600. The van der Waals surface area contributed by atoms with Gasteiger partial charge in [0.25, 0.3) is 10.0 Å². The fourth-order valence-corrected chi connectivity index (χ4v) is 3.28. The number of sulfonamides is 1. The smallest absolute Gasteiger partial charge is 0.260 e. The minimum atomic E-state index is -3.55. The van der Waals surface area contributed by atoms with Crippen LogP contribution in [0, 0.1) is 6.92 Å². The number of hydrogen-bond acceptors (Lipinski definition) is 5. The Hall–Kier alpha value is -1.05. The monoisotopic (exact) mass is 256 g/mol. The molecule has 0 aromatic carbocycles. The third-order valence-electron chi connectivity index (χ3n) is 2.71. The van der Waals surface area contributed by atoms with Gasteiger partial charge in [-0.3, -0.25) is 4.98 Å². The Morgan fingerprint density at radius 2 is 2.18 bits per heavy atom. The summed E-state index contributed by atoms with van der Waals surface area (Å²) in [6.45, 7) is 3.25. The molecule has 7 heteroatoms. The fourth-order valence-electron chi connectivity index (χ4n) is 1.89. The van der Waals surface area contributed by atoms with Crippen molar-refractivity contribution in [3.8, 4) is 0 Å². The predicted molar refractivity (Wildman–Crippen MR) is 63.0 cm³/mol. The summed E-state index contributed by atoms with van der Waals surface area (Å²) >= 11 is 0. The maximum Gasteiger partial charge on any atom is 0.260 e. The first-order chi connectivity index (χ1) is 8.09. The van der Waals surface area contributed by atoms with Gasteiger partial charge in [-0.1, -0.05) is 0 Å². The number of nitrogens with zero attached hydrogens (tertiary/aromatic N) is 2. The molecule has 2 heterocycles. The molecule has 1 aliphatic heterocycles. The molecule has 1 aliphatic rings. The summed E-state index contributed by atoms with van der Waals surface area (Å²) in [5.41, 5.74) is 0.420. The molecule has 1 fully saturated rings. The van der Waals surface area contributed by atoms with Crippen LogP contribution in [0.5, 0.6) is 0 Å². The van der Waals surface area contributed by atoms with E-state index in [1.54, 1.807) is 6.92 Å². The zero-order valence-corrected chi connectivity index (χ0v) is 10.5. The van der Waals surface area contributed by atoms with E-state index in [-0.39, 0.29) is 11.1 Å². The van der Waals surface area contributed by atoms with Gasteiger partial charge in [0.2, 0.25) is 0 Å². The van der Waals surface area contributed by atoms with Crippen LogP contribution in [0.1, 0.15) is 18.5 Å². The lowest BCUT2D eigenvalue weighted by atomic mass is 10.1. The Morgan fingerprint density at radius 3 is 2.82 bits per heavy atom. The van der Waals surface area contributed by atoms with Gasteiger partial charge in [0.05, 0.1) is 5.69 Å². The van der Waals surface area contributed by atoms with E-state index in [1.165, 1.54) is 12.4 Å². The predicted octanol–water partition coefficient (Wildman–Crippen LogP) is -0.185. The highest BCUT2D eigenvalue weighted by Gasteiger charge is 2.24. The summed E-state index contributed by atoms with van der Waals surface area (Å²) in [7, 11) is -3.55. The van der Waals surface area contributed by atoms with Gasteiger partial charge in [-0.25, -0.2) is 18.1 Å². The normalized spacial score (nSPS) is 21.4. The molecule has 17 heavy (non-hydrogen) atoms. The highest BCUT2D eigenvalue weighted by Crippen LogP contribution is 2.11.